The fourth-order valence-corrected chi connectivity index (χ4v) is 7.16. The third-order valence-electron chi connectivity index (χ3n) is 4.59. The van der Waals surface area contributed by atoms with Crippen LogP contribution in [0.5, 0.6) is 0 Å². The van der Waals surface area contributed by atoms with Crippen molar-refractivity contribution in [3.05, 3.63) is 54.7 Å². The zero-order valence-electron chi connectivity index (χ0n) is 15.6. The average Bonchev–Trinajstić information content (AvgIpc) is 2.52. The van der Waals surface area contributed by atoms with Gasteiger partial charge in [0.15, 0.2) is 0 Å². The van der Waals surface area contributed by atoms with Crippen LogP contribution in [0.3, 0.4) is 0 Å². The Morgan fingerprint density at radius 1 is 0.875 bits per heavy atom. The standard InChI is InChI=1S/C21H27GeNSi/c1-22(2,3)18-11-12-23-20(15-18)17-13-16-9-7-8-10-19(16)21(14-17)24(4,5)6/h7-15H,1-6H3. The van der Waals surface area contributed by atoms with Gasteiger partial charge in [-0.05, 0) is 0 Å². The van der Waals surface area contributed by atoms with Gasteiger partial charge in [0.1, 0.15) is 0 Å². The third-order valence-corrected chi connectivity index (χ3v) is 10.9. The van der Waals surface area contributed by atoms with E-state index in [-0.39, 0.29) is 0 Å². The normalized spacial score (nSPS) is 12.6. The molecule has 0 saturated carbocycles. The predicted molar refractivity (Wildman–Crippen MR) is 113 cm³/mol. The first-order valence-corrected chi connectivity index (χ1v) is 19.5. The van der Waals surface area contributed by atoms with Gasteiger partial charge in [0, 0.05) is 0 Å². The molecule has 0 bridgehead atoms. The van der Waals surface area contributed by atoms with Crippen LogP contribution in [0, 0.1) is 0 Å². The van der Waals surface area contributed by atoms with E-state index in [9.17, 15) is 0 Å². The molecule has 0 N–H and O–H groups in total. The number of hydrogen-bond donors (Lipinski definition) is 0. The zero-order chi connectivity index (χ0) is 17.5. The van der Waals surface area contributed by atoms with Crippen molar-refractivity contribution >= 4 is 41.7 Å². The summed E-state index contributed by atoms with van der Waals surface area (Å²) in [6.45, 7) is 7.27. The van der Waals surface area contributed by atoms with Crippen LogP contribution in [0.25, 0.3) is 22.0 Å². The Morgan fingerprint density at radius 2 is 1.58 bits per heavy atom. The van der Waals surface area contributed by atoms with Crippen molar-refractivity contribution in [2.45, 2.75) is 36.9 Å². The van der Waals surface area contributed by atoms with Crippen LogP contribution in [0.15, 0.2) is 54.7 Å². The molecule has 1 heterocycles. The molecule has 0 amide bonds. The molecule has 0 aliphatic carbocycles. The van der Waals surface area contributed by atoms with Gasteiger partial charge in [0.2, 0.25) is 0 Å². The Hall–Kier alpha value is -1.39. The number of fused-ring (bicyclic) bond motifs is 1. The van der Waals surface area contributed by atoms with Gasteiger partial charge in [0.05, 0.1) is 0 Å². The monoisotopic (exact) mass is 395 g/mol. The average molecular weight is 394 g/mol. The van der Waals surface area contributed by atoms with E-state index in [1.54, 1.807) is 0 Å². The molecule has 3 rings (SSSR count). The molecule has 0 spiro atoms. The molecule has 0 atom stereocenters. The molecule has 3 heteroatoms. The Kier molecular flexibility index (Phi) is 4.47. The van der Waals surface area contributed by atoms with Crippen LogP contribution in [-0.2, 0) is 0 Å². The molecule has 0 unspecified atom stereocenters. The van der Waals surface area contributed by atoms with E-state index < -0.39 is 21.3 Å². The Bertz CT molecular complexity index is 888. The van der Waals surface area contributed by atoms with Gasteiger partial charge in [-0.3, -0.25) is 0 Å². The predicted octanol–water partition coefficient (Wildman–Crippen LogP) is 4.99. The minimum atomic E-state index is -1.85. The van der Waals surface area contributed by atoms with Gasteiger partial charge < -0.3 is 0 Å². The maximum absolute atomic E-state index is 4.70. The molecule has 1 aromatic heterocycles. The van der Waals surface area contributed by atoms with E-state index in [0.717, 1.165) is 5.69 Å². The van der Waals surface area contributed by atoms with Crippen LogP contribution in [-0.4, -0.2) is 26.3 Å². The summed E-state index contributed by atoms with van der Waals surface area (Å²) < 4.78 is 1.52. The van der Waals surface area contributed by atoms with Crippen LogP contribution in [0.1, 0.15) is 0 Å². The van der Waals surface area contributed by atoms with Crippen molar-refractivity contribution < 1.29 is 0 Å². The fourth-order valence-electron chi connectivity index (χ4n) is 3.13. The van der Waals surface area contributed by atoms with Crippen molar-refractivity contribution in [2.24, 2.45) is 0 Å². The van der Waals surface area contributed by atoms with E-state index in [1.165, 1.54) is 25.9 Å². The molecular formula is C21H27GeNSi. The zero-order valence-corrected chi connectivity index (χ0v) is 18.7. The molecule has 0 aliphatic rings. The Balaban J connectivity index is 2.25. The number of nitrogens with zero attached hydrogens (tertiary/aromatic N) is 1. The van der Waals surface area contributed by atoms with Gasteiger partial charge >= 0.3 is 150 Å². The van der Waals surface area contributed by atoms with Gasteiger partial charge in [0.25, 0.3) is 0 Å². The van der Waals surface area contributed by atoms with Crippen LogP contribution in [0.2, 0.25) is 36.9 Å². The van der Waals surface area contributed by atoms with Crippen molar-refractivity contribution in [2.75, 3.05) is 0 Å². The molecular weight excluding hydrogens is 367 g/mol. The van der Waals surface area contributed by atoms with Crippen LogP contribution in [0.4, 0.5) is 0 Å². The van der Waals surface area contributed by atoms with Crippen molar-refractivity contribution in [1.82, 2.24) is 4.98 Å². The Labute approximate surface area is 149 Å². The minimum absolute atomic E-state index is 1.12. The quantitative estimate of drug-likeness (QED) is 0.571. The van der Waals surface area contributed by atoms with Crippen molar-refractivity contribution in [3.63, 3.8) is 0 Å². The molecule has 2 aromatic carbocycles. The molecule has 1 nitrogen and oxygen atoms in total. The first-order valence-electron chi connectivity index (χ1n) is 8.66. The number of pyridine rings is 1. The first-order chi connectivity index (χ1) is 11.2. The maximum atomic E-state index is 4.70. The molecule has 124 valence electrons. The van der Waals surface area contributed by atoms with E-state index in [1.807, 2.05) is 6.20 Å². The first kappa shape index (κ1) is 17.4. The molecule has 0 radical (unpaired) electrons. The van der Waals surface area contributed by atoms with Gasteiger partial charge in [-0.2, -0.15) is 0 Å². The second kappa shape index (κ2) is 6.16. The number of benzene rings is 2. The van der Waals surface area contributed by atoms with Gasteiger partial charge in [-0.25, -0.2) is 0 Å². The summed E-state index contributed by atoms with van der Waals surface area (Å²) >= 11 is -1.85. The molecule has 0 saturated heterocycles. The molecule has 0 aliphatic heterocycles. The third kappa shape index (κ3) is 3.50. The van der Waals surface area contributed by atoms with E-state index in [0.29, 0.717) is 0 Å². The van der Waals surface area contributed by atoms with Crippen LogP contribution < -0.4 is 9.58 Å². The van der Waals surface area contributed by atoms with E-state index >= 15 is 0 Å². The summed E-state index contributed by atoms with van der Waals surface area (Å²) in [7, 11) is -1.43. The summed E-state index contributed by atoms with van der Waals surface area (Å²) in [5.41, 5.74) is 2.39. The summed E-state index contributed by atoms with van der Waals surface area (Å²) in [4.78, 5) is 4.70. The number of aromatic nitrogens is 1. The SMILES string of the molecule is C[Si](C)(C)c1cc(-c2c[c]([Ge]([CH3])([CH3])[CH3])ccn2)cc2ccccc12. The molecule has 24 heavy (non-hydrogen) atoms. The molecule has 0 fully saturated rings. The summed E-state index contributed by atoms with van der Waals surface area (Å²) in [5.74, 6) is 7.31. The van der Waals surface area contributed by atoms with Crippen molar-refractivity contribution in [3.8, 4) is 11.3 Å². The summed E-state index contributed by atoms with van der Waals surface area (Å²) in [5, 5.41) is 4.27. The Morgan fingerprint density at radius 3 is 2.25 bits per heavy atom. The second-order valence-electron chi connectivity index (χ2n) is 8.67. The van der Waals surface area contributed by atoms with Gasteiger partial charge in [-0.1, -0.05) is 0 Å². The van der Waals surface area contributed by atoms with E-state index in [2.05, 4.69) is 85.4 Å². The number of rotatable bonds is 3. The fraction of sp³-hybridized carbons (Fsp3) is 0.286. The van der Waals surface area contributed by atoms with Crippen molar-refractivity contribution in [1.29, 1.82) is 0 Å². The van der Waals surface area contributed by atoms with Crippen LogP contribution >= 0.6 is 0 Å². The topological polar surface area (TPSA) is 12.9 Å². The van der Waals surface area contributed by atoms with Gasteiger partial charge in [-0.15, -0.1) is 0 Å². The molecule has 3 aromatic rings. The van der Waals surface area contributed by atoms with E-state index in [4.69, 9.17) is 4.98 Å². The second-order valence-corrected chi connectivity index (χ2v) is 24.4. The number of hydrogen-bond acceptors (Lipinski definition) is 1. The summed E-state index contributed by atoms with van der Waals surface area (Å²) in [6, 6.07) is 18.0. The summed E-state index contributed by atoms with van der Waals surface area (Å²) in [6.07, 6.45) is 1.99.